The molecule has 4 nitrogen and oxygen atoms in total. The molecule has 1 amide bonds. The van der Waals surface area contributed by atoms with Gasteiger partial charge in [-0.25, -0.2) is 0 Å². The Kier molecular flexibility index (Phi) is 4.86. The van der Waals surface area contributed by atoms with Gasteiger partial charge in [0.15, 0.2) is 0 Å². The fourth-order valence-corrected chi connectivity index (χ4v) is 2.81. The monoisotopic (exact) mass is 279 g/mol. The van der Waals surface area contributed by atoms with Gasteiger partial charge in [-0.3, -0.25) is 4.79 Å². The maximum atomic E-state index is 11.9. The van der Waals surface area contributed by atoms with Crippen molar-refractivity contribution in [1.29, 1.82) is 0 Å². The largest absolute Gasteiger partial charge is 0.463 e. The molecular weight excluding hydrogens is 254 g/mol. The van der Waals surface area contributed by atoms with Gasteiger partial charge in [0.2, 0.25) is 5.91 Å². The molecule has 1 aliphatic carbocycles. The predicted octanol–water partition coefficient (Wildman–Crippen LogP) is 2.88. The lowest BCUT2D eigenvalue weighted by atomic mass is 9.87. The van der Waals surface area contributed by atoms with Gasteiger partial charge in [-0.1, -0.05) is 19.3 Å². The third-order valence-electron chi connectivity index (χ3n) is 4.10. The van der Waals surface area contributed by atoms with Crippen molar-refractivity contribution in [3.63, 3.8) is 0 Å². The van der Waals surface area contributed by atoms with Gasteiger partial charge in [-0.05, 0) is 44.7 Å². The quantitative estimate of drug-likeness (QED) is 0.871. The molecule has 1 saturated carbocycles. The molecule has 1 unspecified atom stereocenters. The third-order valence-corrected chi connectivity index (χ3v) is 4.10. The van der Waals surface area contributed by atoms with Gasteiger partial charge in [-0.15, -0.1) is 0 Å². The van der Waals surface area contributed by atoms with Crippen LogP contribution in [0.5, 0.6) is 0 Å². The number of hydrogen-bond donors (Lipinski definition) is 2. The van der Waals surface area contributed by atoms with E-state index in [4.69, 9.17) is 4.42 Å². The maximum absolute atomic E-state index is 11.9. The highest BCUT2D eigenvalue weighted by Gasteiger charge is 2.28. The SMILES string of the molecule is Cc1ccc(C(C)(O)CNC(=O)CC2CCCCC2)o1. The minimum Gasteiger partial charge on any atom is -0.463 e. The Morgan fingerprint density at radius 1 is 1.40 bits per heavy atom. The summed E-state index contributed by atoms with van der Waals surface area (Å²) in [5.74, 6) is 1.79. The first-order valence-electron chi connectivity index (χ1n) is 7.53. The molecule has 112 valence electrons. The van der Waals surface area contributed by atoms with E-state index in [1.807, 2.05) is 13.0 Å². The Labute approximate surface area is 120 Å². The molecule has 1 atom stereocenters. The van der Waals surface area contributed by atoms with Gasteiger partial charge in [0.1, 0.15) is 17.1 Å². The van der Waals surface area contributed by atoms with Crippen LogP contribution >= 0.6 is 0 Å². The molecular formula is C16H25NO3. The van der Waals surface area contributed by atoms with Gasteiger partial charge in [0.25, 0.3) is 0 Å². The molecule has 1 aliphatic rings. The molecule has 1 heterocycles. The number of amides is 1. The summed E-state index contributed by atoms with van der Waals surface area (Å²) >= 11 is 0. The zero-order chi connectivity index (χ0) is 14.6. The van der Waals surface area contributed by atoms with Gasteiger partial charge in [0.05, 0.1) is 6.54 Å². The molecule has 0 spiro atoms. The van der Waals surface area contributed by atoms with E-state index in [0.29, 0.717) is 18.1 Å². The lowest BCUT2D eigenvalue weighted by Crippen LogP contribution is -2.39. The van der Waals surface area contributed by atoms with Crippen LogP contribution < -0.4 is 5.32 Å². The highest BCUT2D eigenvalue weighted by atomic mass is 16.4. The van der Waals surface area contributed by atoms with E-state index in [9.17, 15) is 9.90 Å². The summed E-state index contributed by atoms with van der Waals surface area (Å²) in [6.07, 6.45) is 6.66. The number of carbonyl (C=O) groups excluding carboxylic acids is 1. The average molecular weight is 279 g/mol. The minimum atomic E-state index is -1.16. The number of hydrogen-bond acceptors (Lipinski definition) is 3. The first-order valence-corrected chi connectivity index (χ1v) is 7.53. The first kappa shape index (κ1) is 15.1. The van der Waals surface area contributed by atoms with Crippen LogP contribution in [-0.2, 0) is 10.4 Å². The van der Waals surface area contributed by atoms with E-state index in [-0.39, 0.29) is 12.5 Å². The van der Waals surface area contributed by atoms with Gasteiger partial charge >= 0.3 is 0 Å². The van der Waals surface area contributed by atoms with Crippen molar-refractivity contribution in [2.75, 3.05) is 6.54 Å². The van der Waals surface area contributed by atoms with E-state index < -0.39 is 5.60 Å². The highest BCUT2D eigenvalue weighted by Crippen LogP contribution is 2.26. The summed E-state index contributed by atoms with van der Waals surface area (Å²) in [5, 5.41) is 13.2. The molecule has 0 saturated heterocycles. The number of furan rings is 1. The summed E-state index contributed by atoms with van der Waals surface area (Å²) in [5.41, 5.74) is -1.16. The highest BCUT2D eigenvalue weighted by molar-refractivity contribution is 5.76. The molecule has 2 N–H and O–H groups in total. The summed E-state index contributed by atoms with van der Waals surface area (Å²) < 4.78 is 5.43. The van der Waals surface area contributed by atoms with Crippen LogP contribution in [0.2, 0.25) is 0 Å². The fraction of sp³-hybridized carbons (Fsp3) is 0.688. The molecule has 1 fully saturated rings. The number of aryl methyl sites for hydroxylation is 1. The van der Waals surface area contributed by atoms with E-state index in [0.717, 1.165) is 18.6 Å². The first-order chi connectivity index (χ1) is 9.47. The van der Waals surface area contributed by atoms with Gasteiger partial charge in [0, 0.05) is 6.42 Å². The van der Waals surface area contributed by atoms with E-state index >= 15 is 0 Å². The molecule has 20 heavy (non-hydrogen) atoms. The van der Waals surface area contributed by atoms with Crippen molar-refractivity contribution in [3.05, 3.63) is 23.7 Å². The normalized spacial score (nSPS) is 19.6. The molecule has 0 aliphatic heterocycles. The van der Waals surface area contributed by atoms with Crippen LogP contribution in [0.3, 0.4) is 0 Å². The second-order valence-corrected chi connectivity index (χ2v) is 6.17. The molecule has 1 aromatic rings. The predicted molar refractivity (Wildman–Crippen MR) is 77.2 cm³/mol. The zero-order valence-corrected chi connectivity index (χ0v) is 12.4. The second kappa shape index (κ2) is 6.44. The molecule has 2 rings (SSSR count). The van der Waals surface area contributed by atoms with Crippen molar-refractivity contribution in [3.8, 4) is 0 Å². The number of carbonyl (C=O) groups is 1. The zero-order valence-electron chi connectivity index (χ0n) is 12.4. The smallest absolute Gasteiger partial charge is 0.220 e. The summed E-state index contributed by atoms with van der Waals surface area (Å²) in [7, 11) is 0. The fourth-order valence-electron chi connectivity index (χ4n) is 2.81. The lowest BCUT2D eigenvalue weighted by molar-refractivity contribution is -0.123. The Balaban J connectivity index is 1.80. The molecule has 0 radical (unpaired) electrons. The third kappa shape index (κ3) is 4.10. The van der Waals surface area contributed by atoms with E-state index in [1.165, 1.54) is 19.3 Å². The maximum Gasteiger partial charge on any atom is 0.220 e. The number of aliphatic hydroxyl groups is 1. The van der Waals surface area contributed by atoms with Crippen molar-refractivity contribution in [1.82, 2.24) is 5.32 Å². The number of nitrogens with one attached hydrogen (secondary N) is 1. The van der Waals surface area contributed by atoms with Crippen LogP contribution in [0.1, 0.15) is 57.0 Å². The van der Waals surface area contributed by atoms with Crippen LogP contribution in [-0.4, -0.2) is 17.6 Å². The van der Waals surface area contributed by atoms with Crippen LogP contribution in [0.4, 0.5) is 0 Å². The molecule has 0 aromatic carbocycles. The molecule has 1 aromatic heterocycles. The minimum absolute atomic E-state index is 0.0282. The lowest BCUT2D eigenvalue weighted by Gasteiger charge is -2.24. The van der Waals surface area contributed by atoms with Crippen molar-refractivity contribution in [2.45, 2.75) is 58.0 Å². The second-order valence-electron chi connectivity index (χ2n) is 6.17. The van der Waals surface area contributed by atoms with Crippen LogP contribution in [0.15, 0.2) is 16.5 Å². The van der Waals surface area contributed by atoms with Crippen molar-refractivity contribution < 1.29 is 14.3 Å². The Hall–Kier alpha value is -1.29. The number of rotatable bonds is 5. The van der Waals surface area contributed by atoms with Gasteiger partial charge in [-0.2, -0.15) is 0 Å². The van der Waals surface area contributed by atoms with Crippen LogP contribution in [0.25, 0.3) is 0 Å². The summed E-state index contributed by atoms with van der Waals surface area (Å²) in [6.45, 7) is 3.68. The average Bonchev–Trinajstić information content (AvgIpc) is 2.85. The molecule has 4 heteroatoms. The molecule has 0 bridgehead atoms. The van der Waals surface area contributed by atoms with E-state index in [1.54, 1.807) is 13.0 Å². The Morgan fingerprint density at radius 3 is 2.70 bits per heavy atom. The standard InChI is InChI=1S/C16H25NO3/c1-12-8-9-14(20-12)16(2,19)11-17-15(18)10-13-6-4-3-5-7-13/h8-9,13,19H,3-7,10-11H2,1-2H3,(H,17,18). The van der Waals surface area contributed by atoms with Crippen molar-refractivity contribution >= 4 is 5.91 Å². The van der Waals surface area contributed by atoms with Crippen LogP contribution in [0, 0.1) is 12.8 Å². The topological polar surface area (TPSA) is 62.5 Å². The van der Waals surface area contributed by atoms with Crippen molar-refractivity contribution in [2.24, 2.45) is 5.92 Å². The summed E-state index contributed by atoms with van der Waals surface area (Å²) in [4.78, 5) is 11.9. The Bertz CT molecular complexity index is 444. The van der Waals surface area contributed by atoms with E-state index in [2.05, 4.69) is 5.32 Å². The summed E-state index contributed by atoms with van der Waals surface area (Å²) in [6, 6.07) is 3.57. The Morgan fingerprint density at radius 2 is 2.10 bits per heavy atom. The van der Waals surface area contributed by atoms with Gasteiger partial charge < -0.3 is 14.8 Å².